The summed E-state index contributed by atoms with van der Waals surface area (Å²) >= 11 is 0. The number of piperidine rings is 1. The molecule has 132 valence electrons. The predicted molar refractivity (Wildman–Crippen MR) is 91.0 cm³/mol. The van der Waals surface area contributed by atoms with Gasteiger partial charge in [-0.2, -0.15) is 0 Å². The number of nitrogens with one attached hydrogen (secondary N) is 2. The zero-order chi connectivity index (χ0) is 17.7. The zero-order valence-corrected chi connectivity index (χ0v) is 14.1. The maximum atomic E-state index is 13.6. The molecule has 1 aromatic rings. The number of likely N-dealkylation sites (tertiary alicyclic amines) is 1. The van der Waals surface area contributed by atoms with E-state index in [1.54, 1.807) is 17.0 Å². The molecule has 0 aliphatic carbocycles. The molecule has 1 atom stereocenters. The van der Waals surface area contributed by atoms with Crippen molar-refractivity contribution in [3.63, 3.8) is 0 Å². The maximum absolute atomic E-state index is 13.6. The third-order valence-corrected chi connectivity index (χ3v) is 3.91. The van der Waals surface area contributed by atoms with Crippen LogP contribution in [0.1, 0.15) is 26.7 Å². The minimum atomic E-state index is -0.484. The first kappa shape index (κ1) is 18.2. The number of urea groups is 1. The van der Waals surface area contributed by atoms with Crippen molar-refractivity contribution in [3.8, 4) is 0 Å². The molecule has 1 unspecified atom stereocenters. The fourth-order valence-corrected chi connectivity index (χ4v) is 2.59. The second-order valence-corrected chi connectivity index (χ2v) is 6.90. The highest BCUT2D eigenvalue weighted by Crippen LogP contribution is 2.19. The van der Waals surface area contributed by atoms with Crippen molar-refractivity contribution in [2.45, 2.75) is 32.2 Å². The Kier molecular flexibility index (Phi) is 5.77. The van der Waals surface area contributed by atoms with Crippen LogP contribution < -0.4 is 16.4 Å². The Hall–Kier alpha value is -2.15. The first-order valence-corrected chi connectivity index (χ1v) is 8.13. The van der Waals surface area contributed by atoms with E-state index in [2.05, 4.69) is 10.6 Å². The monoisotopic (exact) mass is 336 g/mol. The predicted octanol–water partition coefficient (Wildman–Crippen LogP) is 1.92. The summed E-state index contributed by atoms with van der Waals surface area (Å²) in [5.74, 6) is -0.855. The molecule has 24 heavy (non-hydrogen) atoms. The minimum absolute atomic E-state index is 0.100. The van der Waals surface area contributed by atoms with E-state index in [0.717, 1.165) is 12.8 Å². The van der Waals surface area contributed by atoms with Gasteiger partial charge in [-0.1, -0.05) is 12.1 Å². The Balaban J connectivity index is 1.91. The summed E-state index contributed by atoms with van der Waals surface area (Å²) in [5.41, 5.74) is 5.52. The number of carbonyl (C=O) groups is 2. The number of anilines is 1. The fraction of sp³-hybridized carbons (Fsp3) is 0.529. The van der Waals surface area contributed by atoms with Crippen molar-refractivity contribution >= 4 is 17.6 Å². The first-order chi connectivity index (χ1) is 11.3. The highest BCUT2D eigenvalue weighted by atomic mass is 19.1. The quantitative estimate of drug-likeness (QED) is 0.785. The third-order valence-electron chi connectivity index (χ3n) is 3.91. The molecule has 0 aromatic heterocycles. The molecule has 3 amide bonds. The molecular weight excluding hydrogens is 311 g/mol. The minimum Gasteiger partial charge on any atom is -0.354 e. The smallest absolute Gasteiger partial charge is 0.321 e. The van der Waals surface area contributed by atoms with E-state index in [0.29, 0.717) is 19.6 Å². The number of benzene rings is 1. The van der Waals surface area contributed by atoms with Crippen LogP contribution in [0.4, 0.5) is 14.9 Å². The van der Waals surface area contributed by atoms with Gasteiger partial charge < -0.3 is 21.3 Å². The van der Waals surface area contributed by atoms with Crippen molar-refractivity contribution in [1.29, 1.82) is 0 Å². The second-order valence-electron chi connectivity index (χ2n) is 6.90. The van der Waals surface area contributed by atoms with E-state index in [4.69, 9.17) is 5.73 Å². The lowest BCUT2D eigenvalue weighted by Gasteiger charge is -2.32. The number of nitrogens with zero attached hydrogens (tertiary/aromatic N) is 1. The number of hydrogen-bond acceptors (Lipinski definition) is 3. The molecule has 0 spiro atoms. The number of rotatable bonds is 4. The Morgan fingerprint density at radius 3 is 2.75 bits per heavy atom. The normalized spacial score (nSPS) is 18.2. The van der Waals surface area contributed by atoms with Crippen LogP contribution in [0.15, 0.2) is 24.3 Å². The third kappa shape index (κ3) is 5.19. The van der Waals surface area contributed by atoms with Gasteiger partial charge in [-0.3, -0.25) is 4.79 Å². The lowest BCUT2D eigenvalue weighted by Crippen LogP contribution is -2.50. The second kappa shape index (κ2) is 7.61. The van der Waals surface area contributed by atoms with Gasteiger partial charge in [-0.05, 0) is 38.8 Å². The van der Waals surface area contributed by atoms with Crippen molar-refractivity contribution in [2.24, 2.45) is 11.7 Å². The van der Waals surface area contributed by atoms with Gasteiger partial charge in [0.05, 0.1) is 11.6 Å². The van der Waals surface area contributed by atoms with E-state index < -0.39 is 17.4 Å². The number of halogens is 1. The number of hydrogen-bond donors (Lipinski definition) is 3. The van der Waals surface area contributed by atoms with Crippen molar-refractivity contribution in [3.05, 3.63) is 30.1 Å². The van der Waals surface area contributed by atoms with Crippen LogP contribution in [0.5, 0.6) is 0 Å². The zero-order valence-electron chi connectivity index (χ0n) is 14.1. The molecule has 1 aromatic carbocycles. The molecule has 7 heteroatoms. The molecule has 4 N–H and O–H groups in total. The van der Waals surface area contributed by atoms with Gasteiger partial charge in [0.1, 0.15) is 5.82 Å². The summed E-state index contributed by atoms with van der Waals surface area (Å²) in [5, 5.41) is 5.38. The Morgan fingerprint density at radius 2 is 2.08 bits per heavy atom. The molecule has 0 radical (unpaired) electrons. The highest BCUT2D eigenvalue weighted by molar-refractivity contribution is 5.90. The Bertz CT molecular complexity index is 600. The SMILES string of the molecule is CC(C)(N)CNC(=O)C1CCCN(C(=O)Nc2ccccc2F)C1. The van der Waals surface area contributed by atoms with Gasteiger partial charge in [0.25, 0.3) is 0 Å². The number of nitrogens with two attached hydrogens (primary N) is 1. The van der Waals surface area contributed by atoms with Crippen LogP contribution in [0, 0.1) is 11.7 Å². The van der Waals surface area contributed by atoms with Gasteiger partial charge >= 0.3 is 6.03 Å². The molecule has 1 fully saturated rings. The topological polar surface area (TPSA) is 87.5 Å². The molecule has 0 bridgehead atoms. The van der Waals surface area contributed by atoms with Gasteiger partial charge in [0, 0.05) is 25.2 Å². The number of carbonyl (C=O) groups excluding carboxylic acids is 2. The first-order valence-electron chi connectivity index (χ1n) is 8.13. The van der Waals surface area contributed by atoms with Gasteiger partial charge in [0.2, 0.25) is 5.91 Å². The van der Waals surface area contributed by atoms with E-state index in [-0.39, 0.29) is 17.5 Å². The lowest BCUT2D eigenvalue weighted by molar-refractivity contribution is -0.126. The van der Waals surface area contributed by atoms with Crippen LogP contribution >= 0.6 is 0 Å². The fourth-order valence-electron chi connectivity index (χ4n) is 2.59. The summed E-state index contributed by atoms with van der Waals surface area (Å²) in [6.45, 7) is 4.91. The standard InChI is InChI=1S/C17H25FN4O2/c1-17(2,19)11-20-15(23)12-6-5-9-22(10-12)16(24)21-14-8-4-3-7-13(14)18/h3-4,7-8,12H,5-6,9-11,19H2,1-2H3,(H,20,23)(H,21,24). The van der Waals surface area contributed by atoms with Crippen LogP contribution in [-0.4, -0.2) is 42.0 Å². The van der Waals surface area contributed by atoms with E-state index in [1.165, 1.54) is 12.1 Å². The van der Waals surface area contributed by atoms with Crippen LogP contribution in [0.2, 0.25) is 0 Å². The summed E-state index contributed by atoms with van der Waals surface area (Å²) in [6, 6.07) is 5.61. The average molecular weight is 336 g/mol. The molecule has 1 heterocycles. The average Bonchev–Trinajstić information content (AvgIpc) is 2.54. The highest BCUT2D eigenvalue weighted by Gasteiger charge is 2.29. The maximum Gasteiger partial charge on any atom is 0.321 e. The van der Waals surface area contributed by atoms with E-state index in [1.807, 2.05) is 13.8 Å². The molecule has 0 saturated carbocycles. The number of amides is 3. The van der Waals surface area contributed by atoms with E-state index >= 15 is 0 Å². The molecular formula is C17H25FN4O2. The van der Waals surface area contributed by atoms with Crippen molar-refractivity contribution in [2.75, 3.05) is 25.0 Å². The summed E-state index contributed by atoms with van der Waals surface area (Å²) in [6.07, 6.45) is 1.45. The van der Waals surface area contributed by atoms with Gasteiger partial charge in [-0.25, -0.2) is 9.18 Å². The van der Waals surface area contributed by atoms with Gasteiger partial charge in [-0.15, -0.1) is 0 Å². The molecule has 6 nitrogen and oxygen atoms in total. The Morgan fingerprint density at radius 1 is 1.38 bits per heavy atom. The summed E-state index contributed by atoms with van der Waals surface area (Å²) < 4.78 is 13.6. The van der Waals surface area contributed by atoms with E-state index in [9.17, 15) is 14.0 Å². The van der Waals surface area contributed by atoms with Gasteiger partial charge in [0.15, 0.2) is 0 Å². The summed E-state index contributed by atoms with van der Waals surface area (Å²) in [4.78, 5) is 26.1. The summed E-state index contributed by atoms with van der Waals surface area (Å²) in [7, 11) is 0. The molecule has 1 aliphatic rings. The molecule has 1 saturated heterocycles. The van der Waals surface area contributed by atoms with Crippen LogP contribution in [0.25, 0.3) is 0 Å². The van der Waals surface area contributed by atoms with Crippen LogP contribution in [0.3, 0.4) is 0 Å². The van der Waals surface area contributed by atoms with Crippen molar-refractivity contribution in [1.82, 2.24) is 10.2 Å². The largest absolute Gasteiger partial charge is 0.354 e. The molecule has 1 aliphatic heterocycles. The lowest BCUT2D eigenvalue weighted by atomic mass is 9.97. The van der Waals surface area contributed by atoms with Crippen molar-refractivity contribution < 1.29 is 14.0 Å². The van der Waals surface area contributed by atoms with Crippen LogP contribution in [-0.2, 0) is 4.79 Å². The molecule has 2 rings (SSSR count). The number of para-hydroxylation sites is 1. The Labute approximate surface area is 141 Å².